The van der Waals surface area contributed by atoms with Gasteiger partial charge in [0.2, 0.25) is 70.9 Å². The normalized spacial score (nSPS) is 15.0. The number of hydrogen-bond acceptors (Lipinski definition) is 16. The molecule has 2 heterocycles. The highest BCUT2D eigenvalue weighted by atomic mass is 35.5. The van der Waals surface area contributed by atoms with Crippen LogP contribution in [0.1, 0.15) is 122 Å². The number of carbonyl (C=O) groups is 13. The lowest BCUT2D eigenvalue weighted by atomic mass is 9.99. The van der Waals surface area contributed by atoms with Crippen LogP contribution in [-0.2, 0) is 94.4 Å². The molecule has 10 atom stereocenters. The lowest BCUT2D eigenvalue weighted by Gasteiger charge is -2.31. The minimum Gasteiger partial charge on any atom is -0.480 e. The largest absolute Gasteiger partial charge is 0.480 e. The number of carboxylic acid groups (broad SMARTS) is 1. The van der Waals surface area contributed by atoms with E-state index in [0.717, 1.165) is 10.8 Å². The Hall–Kier alpha value is -11.2. The number of carboxylic acids is 1. The number of carbonyl (C=O) groups excluding carboxylic acids is 12. The third-order valence-electron chi connectivity index (χ3n) is 18.2. The van der Waals surface area contributed by atoms with Crippen LogP contribution in [-0.4, -0.2) is 183 Å². The molecule has 110 heavy (non-hydrogen) atoms. The number of nitrogens with zero attached hydrogens (tertiary/aromatic N) is 2. The van der Waals surface area contributed by atoms with Gasteiger partial charge < -0.3 is 78.9 Å². The number of nitrogens with one attached hydrogen (secondary N) is 12. The third kappa shape index (κ3) is 27.8. The molecular weight excluding hydrogens is 1430 g/mol. The van der Waals surface area contributed by atoms with Crippen LogP contribution in [0.15, 0.2) is 140 Å². The molecule has 1 fully saturated rings. The van der Waals surface area contributed by atoms with Gasteiger partial charge in [-0.05, 0) is 139 Å². The third-order valence-corrected chi connectivity index (χ3v) is 18.5. The number of aromatic nitrogens is 1. The number of anilines is 2. The summed E-state index contributed by atoms with van der Waals surface area (Å²) in [5.41, 5.74) is 3.32. The Morgan fingerprint density at radius 2 is 0.927 bits per heavy atom. The van der Waals surface area contributed by atoms with E-state index in [2.05, 4.69) is 68.8 Å². The highest BCUT2D eigenvalue weighted by Gasteiger charge is 2.41. The standard InChI is InChI=1S/C80H101ClN14O15/c1-46(2)37-63(71(100)88-62(18-11-12-35-83-47(3)4)79(108)95-36-14-19-70(95)78(107)84-48(5)80(109)110)89-73(102)66(40-53-23-30-60(31-24-53)85-49(6)97)91-75(104)67(41-54-25-32-61(33-26-54)86-50(7)98)93-77(106)69(45-96)94-76(105)68(43-56-15-13-34-82-44-56)92-74(103)65(39-52-21-28-59(81)29-22-52)90-72(101)64(87-51(8)99)42-55-20-27-57-16-9-10-17-58(57)38-55/h9-10,13,15-17,20-34,38,44,46-48,62-70,83,96H,11-12,14,18-19,35-37,39-43,45H2,1-8H3,(H,84,107)(H,85,97)(H,86,98)(H,87,99)(H,88,100)(H,89,102)(H,90,101)(H,91,104)(H,92,103)(H,93,106)(H,94,105)(H,109,110)/t48-,62+,63+,64-,65-,66-,67+,68+,69+,70+/m1/s1. The first-order chi connectivity index (χ1) is 52.4. The van der Waals surface area contributed by atoms with Gasteiger partial charge in [0.1, 0.15) is 60.4 Å². The van der Waals surface area contributed by atoms with Crippen molar-refractivity contribution in [2.45, 2.75) is 192 Å². The van der Waals surface area contributed by atoms with E-state index < -0.39 is 132 Å². The topological polar surface area (TPSA) is 423 Å². The molecule has 1 aromatic heterocycles. The van der Waals surface area contributed by atoms with Gasteiger partial charge in [-0.2, -0.15) is 0 Å². The predicted molar refractivity (Wildman–Crippen MR) is 414 cm³/mol. The first-order valence-electron chi connectivity index (χ1n) is 36.8. The zero-order valence-electron chi connectivity index (χ0n) is 63.1. The van der Waals surface area contributed by atoms with Crippen molar-refractivity contribution in [2.75, 3.05) is 30.3 Å². The van der Waals surface area contributed by atoms with Crippen LogP contribution in [0.3, 0.4) is 0 Å². The molecule has 30 heteroatoms. The summed E-state index contributed by atoms with van der Waals surface area (Å²) in [7, 11) is 0. The van der Waals surface area contributed by atoms with Crippen molar-refractivity contribution in [3.05, 3.63) is 173 Å². The summed E-state index contributed by atoms with van der Waals surface area (Å²) >= 11 is 6.26. The van der Waals surface area contributed by atoms with Crippen LogP contribution in [0.5, 0.6) is 0 Å². The van der Waals surface area contributed by atoms with Crippen molar-refractivity contribution >= 4 is 111 Å². The Labute approximate surface area is 644 Å². The van der Waals surface area contributed by atoms with Crippen LogP contribution < -0.4 is 63.8 Å². The van der Waals surface area contributed by atoms with Gasteiger partial charge in [0.05, 0.1) is 6.61 Å². The molecule has 29 nitrogen and oxygen atoms in total. The molecule has 1 aliphatic heterocycles. The number of aliphatic hydroxyl groups excluding tert-OH is 1. The van der Waals surface area contributed by atoms with E-state index in [4.69, 9.17) is 11.6 Å². The summed E-state index contributed by atoms with van der Waals surface area (Å²) in [6, 6.07) is 21.5. The van der Waals surface area contributed by atoms with E-state index in [1.54, 1.807) is 98.8 Å². The van der Waals surface area contributed by atoms with E-state index in [0.29, 0.717) is 70.0 Å². The molecule has 6 aromatic rings. The summed E-state index contributed by atoms with van der Waals surface area (Å²) in [5, 5.41) is 55.8. The number of rotatable bonds is 40. The van der Waals surface area contributed by atoms with Crippen molar-refractivity contribution in [2.24, 2.45) is 5.92 Å². The van der Waals surface area contributed by atoms with Crippen LogP contribution in [0.2, 0.25) is 5.02 Å². The monoisotopic (exact) mass is 1530 g/mol. The smallest absolute Gasteiger partial charge is 0.325 e. The molecule has 14 N–H and O–H groups in total. The second kappa shape index (κ2) is 42.5. The number of hydrogen-bond donors (Lipinski definition) is 14. The summed E-state index contributed by atoms with van der Waals surface area (Å²) in [4.78, 5) is 187. The molecule has 5 aromatic carbocycles. The summed E-state index contributed by atoms with van der Waals surface area (Å²) in [6.45, 7) is 12.4. The molecular formula is C80H101ClN14O15. The van der Waals surface area contributed by atoms with Gasteiger partial charge in [-0.25, -0.2) is 0 Å². The predicted octanol–water partition coefficient (Wildman–Crippen LogP) is 4.00. The Kier molecular flexibility index (Phi) is 33.3. The van der Waals surface area contributed by atoms with E-state index >= 15 is 9.59 Å². The molecule has 0 aliphatic carbocycles. The molecule has 0 radical (unpaired) electrons. The number of amides is 12. The maximum atomic E-state index is 15.3. The average Bonchev–Trinajstić information content (AvgIpc) is 1.77. The number of aliphatic hydroxyl groups is 1. The van der Waals surface area contributed by atoms with Crippen molar-refractivity contribution in [3.8, 4) is 0 Å². The molecule has 1 aliphatic rings. The molecule has 1 saturated heterocycles. The molecule has 0 unspecified atom stereocenters. The quantitative estimate of drug-likeness (QED) is 0.0242. The van der Waals surface area contributed by atoms with E-state index in [9.17, 15) is 63.0 Å². The maximum absolute atomic E-state index is 15.3. The van der Waals surface area contributed by atoms with Gasteiger partial charge in [-0.1, -0.05) is 124 Å². The zero-order chi connectivity index (χ0) is 80.1. The van der Waals surface area contributed by atoms with Gasteiger partial charge in [-0.3, -0.25) is 67.3 Å². The molecule has 0 saturated carbocycles. The second-order valence-corrected chi connectivity index (χ2v) is 28.7. The second-order valence-electron chi connectivity index (χ2n) is 28.3. The fourth-order valence-electron chi connectivity index (χ4n) is 12.6. The Morgan fingerprint density at radius 1 is 0.482 bits per heavy atom. The van der Waals surface area contributed by atoms with Gasteiger partial charge in [0, 0.05) is 94.3 Å². The van der Waals surface area contributed by atoms with Crippen molar-refractivity contribution in [3.63, 3.8) is 0 Å². The number of fused-ring (bicyclic) bond motifs is 1. The van der Waals surface area contributed by atoms with Gasteiger partial charge >= 0.3 is 5.97 Å². The molecule has 7 rings (SSSR count). The van der Waals surface area contributed by atoms with Crippen molar-refractivity contribution < 1.29 is 72.5 Å². The number of pyridine rings is 1. The number of likely N-dealkylation sites (tertiary alicyclic amines) is 1. The summed E-state index contributed by atoms with van der Waals surface area (Å²) in [5.74, 6) is -10.5. The summed E-state index contributed by atoms with van der Waals surface area (Å²) in [6.07, 6.45) is 3.77. The van der Waals surface area contributed by atoms with Crippen LogP contribution in [0.4, 0.5) is 11.4 Å². The van der Waals surface area contributed by atoms with E-state index in [1.165, 1.54) is 45.0 Å². The zero-order valence-corrected chi connectivity index (χ0v) is 63.8. The fourth-order valence-corrected chi connectivity index (χ4v) is 12.8. The fraction of sp³-hybridized carbons (Fsp3) is 0.425. The Morgan fingerprint density at radius 3 is 1.40 bits per heavy atom. The SMILES string of the molecule is CC(=O)Nc1ccc(C[C@H](NC(=O)[C@H](CO)NC(=O)[C@H](Cc2cccnc2)NC(=O)[C@@H](Cc2ccc(Cl)cc2)NC(=O)[C@@H](Cc2ccc3ccccc3c2)NC(C)=O)C(=O)N[C@H](Cc2ccc(NC(C)=O)cc2)C(=O)N[C@@H](CC(C)C)C(=O)N[C@@H](CCCCNC(C)C)C(=O)N2CCC[C@H]2C(=O)N[C@H](C)C(=O)O)cc1. The first-order valence-corrected chi connectivity index (χ1v) is 37.2. The highest BCUT2D eigenvalue weighted by Crippen LogP contribution is 2.23. The molecule has 588 valence electrons. The molecule has 12 amide bonds. The number of halogens is 1. The molecule has 0 bridgehead atoms. The lowest BCUT2D eigenvalue weighted by Crippen LogP contribution is -2.62. The van der Waals surface area contributed by atoms with Crippen LogP contribution >= 0.6 is 11.6 Å². The minimum atomic E-state index is -1.86. The van der Waals surface area contributed by atoms with E-state index in [-0.39, 0.29) is 81.7 Å². The van der Waals surface area contributed by atoms with Crippen LogP contribution in [0.25, 0.3) is 10.8 Å². The maximum Gasteiger partial charge on any atom is 0.325 e. The van der Waals surface area contributed by atoms with Crippen molar-refractivity contribution in [1.29, 1.82) is 0 Å². The minimum absolute atomic E-state index is 0.00707. The Balaban J connectivity index is 1.18. The molecule has 0 spiro atoms. The summed E-state index contributed by atoms with van der Waals surface area (Å²) < 4.78 is 0. The Bertz CT molecular complexity index is 4190. The first kappa shape index (κ1) is 86.1. The van der Waals surface area contributed by atoms with Gasteiger partial charge in [0.25, 0.3) is 0 Å². The number of unbranched alkanes of at least 4 members (excludes halogenated alkanes) is 1. The van der Waals surface area contributed by atoms with E-state index in [1.807, 2.05) is 56.3 Å². The van der Waals surface area contributed by atoms with Crippen LogP contribution in [0, 0.1) is 5.92 Å². The number of aliphatic carboxylic acids is 1. The van der Waals surface area contributed by atoms with Crippen molar-refractivity contribution in [1.82, 2.24) is 63.1 Å². The number of benzene rings is 5. The van der Waals surface area contributed by atoms with Gasteiger partial charge in [-0.15, -0.1) is 0 Å². The van der Waals surface area contributed by atoms with Gasteiger partial charge in [0.15, 0.2) is 0 Å². The highest BCUT2D eigenvalue weighted by molar-refractivity contribution is 6.30. The lowest BCUT2D eigenvalue weighted by molar-refractivity contribution is -0.144. The average molecular weight is 1530 g/mol.